The average molecular weight is 288 g/mol. The van der Waals surface area contributed by atoms with Crippen LogP contribution in [0.4, 0.5) is 0 Å². The van der Waals surface area contributed by atoms with Crippen molar-refractivity contribution in [3.63, 3.8) is 0 Å². The highest BCUT2D eigenvalue weighted by Gasteiger charge is 2.19. The number of hydrogen-bond acceptors (Lipinski definition) is 3. The Balaban J connectivity index is 1.99. The highest BCUT2D eigenvalue weighted by molar-refractivity contribution is 6.33. The molecule has 0 unspecified atom stereocenters. The number of aromatic nitrogens is 1. The second kappa shape index (κ2) is 5.87. The maximum absolute atomic E-state index is 12.0. The summed E-state index contributed by atoms with van der Waals surface area (Å²) < 4.78 is 0. The Kier molecular flexibility index (Phi) is 4.43. The van der Waals surface area contributed by atoms with Crippen LogP contribution in [0.2, 0.25) is 10.3 Å². The Morgan fingerprint density at radius 3 is 2.44 bits per heavy atom. The molecule has 98 valence electrons. The van der Waals surface area contributed by atoms with Crippen LogP contribution in [-0.2, 0) is 0 Å². The molecule has 2 heterocycles. The summed E-state index contributed by atoms with van der Waals surface area (Å²) in [7, 11) is 2.08. The highest BCUT2D eigenvalue weighted by Crippen LogP contribution is 2.15. The van der Waals surface area contributed by atoms with Crippen molar-refractivity contribution in [1.82, 2.24) is 15.2 Å². The van der Waals surface area contributed by atoms with Crippen LogP contribution in [0.1, 0.15) is 23.2 Å². The maximum atomic E-state index is 12.0. The molecule has 0 radical (unpaired) electrons. The molecular weight excluding hydrogens is 273 g/mol. The topological polar surface area (TPSA) is 45.2 Å². The molecule has 4 nitrogen and oxygen atoms in total. The second-order valence-corrected chi connectivity index (χ2v) is 5.33. The van der Waals surface area contributed by atoms with E-state index in [1.807, 2.05) is 0 Å². The molecule has 1 aromatic heterocycles. The molecule has 2 rings (SSSR count). The predicted octanol–water partition coefficient (Wildman–Crippen LogP) is 2.21. The third-order valence-electron chi connectivity index (χ3n) is 3.08. The van der Waals surface area contributed by atoms with E-state index in [1.54, 1.807) is 0 Å². The Labute approximate surface area is 116 Å². The first kappa shape index (κ1) is 13.6. The Morgan fingerprint density at radius 2 is 1.89 bits per heavy atom. The number of carbonyl (C=O) groups excluding carboxylic acids is 1. The maximum Gasteiger partial charge on any atom is 0.251 e. The summed E-state index contributed by atoms with van der Waals surface area (Å²) in [5.41, 5.74) is 0.457. The van der Waals surface area contributed by atoms with E-state index in [9.17, 15) is 4.79 Å². The fraction of sp³-hybridized carbons (Fsp3) is 0.500. The fourth-order valence-electron chi connectivity index (χ4n) is 2.02. The summed E-state index contributed by atoms with van der Waals surface area (Å²) in [4.78, 5) is 18.1. The first-order chi connectivity index (χ1) is 8.54. The molecule has 1 aliphatic heterocycles. The van der Waals surface area contributed by atoms with E-state index in [1.165, 1.54) is 12.1 Å². The summed E-state index contributed by atoms with van der Waals surface area (Å²) in [5.74, 6) is -0.143. The number of rotatable bonds is 2. The van der Waals surface area contributed by atoms with E-state index in [0.29, 0.717) is 5.56 Å². The Hall–Kier alpha value is -0.840. The SMILES string of the molecule is CN1CCC(NC(=O)c2cc(Cl)nc(Cl)c2)CC1. The van der Waals surface area contributed by atoms with Crippen LogP contribution in [0.3, 0.4) is 0 Å². The molecule has 18 heavy (non-hydrogen) atoms. The van der Waals surface area contributed by atoms with Gasteiger partial charge in [0, 0.05) is 11.6 Å². The Morgan fingerprint density at radius 1 is 1.33 bits per heavy atom. The number of nitrogens with zero attached hydrogens (tertiary/aromatic N) is 2. The highest BCUT2D eigenvalue weighted by atomic mass is 35.5. The number of halogens is 2. The van der Waals surface area contributed by atoms with Crippen LogP contribution in [0.25, 0.3) is 0 Å². The molecule has 6 heteroatoms. The van der Waals surface area contributed by atoms with Gasteiger partial charge in [0.1, 0.15) is 10.3 Å². The van der Waals surface area contributed by atoms with Crippen molar-refractivity contribution in [2.75, 3.05) is 20.1 Å². The molecular formula is C12H15Cl2N3O. The molecule has 0 bridgehead atoms. The molecule has 0 aliphatic carbocycles. The third-order valence-corrected chi connectivity index (χ3v) is 3.47. The van der Waals surface area contributed by atoms with Crippen LogP contribution < -0.4 is 5.32 Å². The average Bonchev–Trinajstić information content (AvgIpc) is 2.31. The monoisotopic (exact) mass is 287 g/mol. The van der Waals surface area contributed by atoms with E-state index in [-0.39, 0.29) is 22.3 Å². The van der Waals surface area contributed by atoms with Gasteiger partial charge in [-0.1, -0.05) is 23.2 Å². The fourth-order valence-corrected chi connectivity index (χ4v) is 2.48. The minimum Gasteiger partial charge on any atom is -0.349 e. The molecule has 1 amide bonds. The molecule has 1 aliphatic rings. The first-order valence-electron chi connectivity index (χ1n) is 5.87. The number of piperidine rings is 1. The quantitative estimate of drug-likeness (QED) is 0.849. The van der Waals surface area contributed by atoms with Gasteiger partial charge < -0.3 is 10.2 Å². The lowest BCUT2D eigenvalue weighted by Gasteiger charge is -2.29. The summed E-state index contributed by atoms with van der Waals surface area (Å²) >= 11 is 11.5. The zero-order valence-electron chi connectivity index (χ0n) is 10.1. The van der Waals surface area contributed by atoms with Crippen molar-refractivity contribution in [2.24, 2.45) is 0 Å². The zero-order chi connectivity index (χ0) is 13.1. The summed E-state index contributed by atoms with van der Waals surface area (Å²) in [5, 5.41) is 3.46. The normalized spacial score (nSPS) is 17.7. The number of likely N-dealkylation sites (tertiary alicyclic amines) is 1. The second-order valence-electron chi connectivity index (χ2n) is 4.55. The minimum atomic E-state index is -0.143. The molecule has 0 aromatic carbocycles. The summed E-state index contributed by atoms with van der Waals surface area (Å²) in [6.07, 6.45) is 1.93. The van der Waals surface area contributed by atoms with Crippen molar-refractivity contribution in [3.8, 4) is 0 Å². The summed E-state index contributed by atoms with van der Waals surface area (Å²) in [6.45, 7) is 2.01. The van der Waals surface area contributed by atoms with Gasteiger partial charge in [-0.15, -0.1) is 0 Å². The van der Waals surface area contributed by atoms with Gasteiger partial charge in [-0.2, -0.15) is 0 Å². The number of amides is 1. The van der Waals surface area contributed by atoms with Gasteiger partial charge in [-0.25, -0.2) is 4.98 Å². The molecule has 0 spiro atoms. The molecule has 1 saturated heterocycles. The molecule has 1 aromatic rings. The number of carbonyl (C=O) groups is 1. The van der Waals surface area contributed by atoms with Crippen molar-refractivity contribution in [1.29, 1.82) is 0 Å². The number of pyridine rings is 1. The van der Waals surface area contributed by atoms with Gasteiger partial charge >= 0.3 is 0 Å². The zero-order valence-corrected chi connectivity index (χ0v) is 11.6. The van der Waals surface area contributed by atoms with Crippen LogP contribution >= 0.6 is 23.2 Å². The number of hydrogen-bond donors (Lipinski definition) is 1. The standard InChI is InChI=1S/C12H15Cl2N3O/c1-17-4-2-9(3-5-17)15-12(18)8-6-10(13)16-11(14)7-8/h6-7,9H,2-5H2,1H3,(H,15,18). The van der Waals surface area contributed by atoms with Crippen LogP contribution in [-0.4, -0.2) is 42.0 Å². The van der Waals surface area contributed by atoms with Crippen LogP contribution in [0, 0.1) is 0 Å². The molecule has 0 saturated carbocycles. The Bertz CT molecular complexity index is 425. The van der Waals surface area contributed by atoms with E-state index in [2.05, 4.69) is 22.2 Å². The predicted molar refractivity (Wildman–Crippen MR) is 72.2 cm³/mol. The van der Waals surface area contributed by atoms with E-state index in [4.69, 9.17) is 23.2 Å². The van der Waals surface area contributed by atoms with Gasteiger partial charge in [0.25, 0.3) is 5.91 Å². The van der Waals surface area contributed by atoms with E-state index < -0.39 is 0 Å². The van der Waals surface area contributed by atoms with Gasteiger partial charge in [0.05, 0.1) is 0 Å². The smallest absolute Gasteiger partial charge is 0.251 e. The minimum absolute atomic E-state index is 0.143. The molecule has 1 fully saturated rings. The lowest BCUT2D eigenvalue weighted by Crippen LogP contribution is -2.43. The van der Waals surface area contributed by atoms with Crippen LogP contribution in [0.5, 0.6) is 0 Å². The largest absolute Gasteiger partial charge is 0.349 e. The third kappa shape index (κ3) is 3.57. The summed E-state index contributed by atoms with van der Waals surface area (Å²) in [6, 6.07) is 3.27. The van der Waals surface area contributed by atoms with Crippen molar-refractivity contribution in [3.05, 3.63) is 28.0 Å². The van der Waals surface area contributed by atoms with Crippen LogP contribution in [0.15, 0.2) is 12.1 Å². The first-order valence-corrected chi connectivity index (χ1v) is 6.62. The lowest BCUT2D eigenvalue weighted by atomic mass is 10.1. The van der Waals surface area contributed by atoms with Gasteiger partial charge in [-0.3, -0.25) is 4.79 Å². The van der Waals surface area contributed by atoms with Crippen molar-refractivity contribution >= 4 is 29.1 Å². The molecule has 1 N–H and O–H groups in total. The van der Waals surface area contributed by atoms with Gasteiger partial charge in [-0.05, 0) is 45.1 Å². The lowest BCUT2D eigenvalue weighted by molar-refractivity contribution is 0.0917. The van der Waals surface area contributed by atoms with Crippen molar-refractivity contribution < 1.29 is 4.79 Å². The van der Waals surface area contributed by atoms with E-state index >= 15 is 0 Å². The molecule has 0 atom stereocenters. The van der Waals surface area contributed by atoms with Gasteiger partial charge in [0.15, 0.2) is 0 Å². The van der Waals surface area contributed by atoms with E-state index in [0.717, 1.165) is 25.9 Å². The van der Waals surface area contributed by atoms with Crippen molar-refractivity contribution in [2.45, 2.75) is 18.9 Å². The number of nitrogens with one attached hydrogen (secondary N) is 1. The van der Waals surface area contributed by atoms with Gasteiger partial charge in [0.2, 0.25) is 0 Å².